The van der Waals surface area contributed by atoms with Crippen molar-refractivity contribution >= 4 is 29.1 Å². The minimum absolute atomic E-state index is 0.139. The smallest absolute Gasteiger partial charge is 0.332 e. The van der Waals surface area contributed by atoms with Gasteiger partial charge >= 0.3 is 5.69 Å². The molecule has 1 aromatic carbocycles. The van der Waals surface area contributed by atoms with Gasteiger partial charge in [0.2, 0.25) is 5.89 Å². The van der Waals surface area contributed by atoms with E-state index in [2.05, 4.69) is 28.9 Å². The van der Waals surface area contributed by atoms with Crippen LogP contribution >= 0.6 is 11.8 Å². The molecule has 0 aliphatic carbocycles. The predicted molar refractivity (Wildman–Crippen MR) is 120 cm³/mol. The molecule has 11 heteroatoms. The van der Waals surface area contributed by atoms with E-state index in [0.717, 1.165) is 45.2 Å². The molecule has 3 aromatic rings. The zero-order valence-electron chi connectivity index (χ0n) is 17.8. The van der Waals surface area contributed by atoms with E-state index in [1.165, 1.54) is 14.1 Å². The zero-order chi connectivity index (χ0) is 22.7. The number of ketones is 1. The number of thioether (sulfide) groups is 1. The number of anilines is 2. The second kappa shape index (κ2) is 9.21. The van der Waals surface area contributed by atoms with Crippen molar-refractivity contribution in [1.29, 1.82) is 0 Å². The van der Waals surface area contributed by atoms with Crippen molar-refractivity contribution in [2.75, 3.05) is 29.5 Å². The molecule has 0 radical (unpaired) electrons. The molecule has 0 unspecified atom stereocenters. The topological polar surface area (TPSA) is 129 Å². The Morgan fingerprint density at radius 2 is 1.74 bits per heavy atom. The van der Waals surface area contributed by atoms with Gasteiger partial charge in [0.05, 0.1) is 5.75 Å². The molecule has 0 aliphatic rings. The Kier molecular flexibility index (Phi) is 6.64. The van der Waals surface area contributed by atoms with Crippen LogP contribution in [0.1, 0.15) is 24.2 Å². The molecule has 0 atom stereocenters. The van der Waals surface area contributed by atoms with E-state index < -0.39 is 17.0 Å². The molecular formula is C20H24N6O4S. The van der Waals surface area contributed by atoms with Crippen LogP contribution in [-0.4, -0.2) is 44.0 Å². The van der Waals surface area contributed by atoms with Gasteiger partial charge in [-0.25, -0.2) is 4.79 Å². The van der Waals surface area contributed by atoms with Crippen LogP contribution in [0.3, 0.4) is 0 Å². The number of nitrogen functional groups attached to an aromatic ring is 1. The van der Waals surface area contributed by atoms with Gasteiger partial charge < -0.3 is 15.1 Å². The normalized spacial score (nSPS) is 11.0. The first-order chi connectivity index (χ1) is 14.8. The molecule has 0 amide bonds. The highest BCUT2D eigenvalue weighted by atomic mass is 32.2. The van der Waals surface area contributed by atoms with Crippen molar-refractivity contribution in [3.05, 3.63) is 50.7 Å². The second-order valence-electron chi connectivity index (χ2n) is 6.77. The summed E-state index contributed by atoms with van der Waals surface area (Å²) >= 11 is 0.998. The first-order valence-electron chi connectivity index (χ1n) is 9.68. The summed E-state index contributed by atoms with van der Waals surface area (Å²) in [5.74, 6) is -0.501. The highest BCUT2D eigenvalue weighted by Crippen LogP contribution is 2.26. The maximum absolute atomic E-state index is 12.6. The predicted octanol–water partition coefficient (Wildman–Crippen LogP) is 1.54. The Hall–Kier alpha value is -3.34. The maximum Gasteiger partial charge on any atom is 0.332 e. The van der Waals surface area contributed by atoms with Crippen LogP contribution in [0.25, 0.3) is 11.5 Å². The van der Waals surface area contributed by atoms with E-state index in [4.69, 9.17) is 10.2 Å². The van der Waals surface area contributed by atoms with E-state index in [1.807, 2.05) is 24.3 Å². The molecule has 0 aliphatic heterocycles. The summed E-state index contributed by atoms with van der Waals surface area (Å²) < 4.78 is 7.55. The second-order valence-corrected chi connectivity index (χ2v) is 7.70. The average molecular weight is 445 g/mol. The molecule has 0 bridgehead atoms. The van der Waals surface area contributed by atoms with Gasteiger partial charge in [-0.05, 0) is 38.1 Å². The lowest BCUT2D eigenvalue weighted by molar-refractivity contribution is 0.102. The molecule has 0 spiro atoms. The van der Waals surface area contributed by atoms with Crippen molar-refractivity contribution in [2.24, 2.45) is 14.1 Å². The van der Waals surface area contributed by atoms with Gasteiger partial charge in [0.25, 0.3) is 10.8 Å². The largest absolute Gasteiger partial charge is 0.411 e. The number of hydrogen-bond donors (Lipinski definition) is 1. The zero-order valence-corrected chi connectivity index (χ0v) is 18.6. The number of nitrogens with zero attached hydrogens (tertiary/aromatic N) is 5. The minimum atomic E-state index is -0.731. The molecule has 2 heterocycles. The van der Waals surface area contributed by atoms with Gasteiger partial charge in [-0.3, -0.25) is 18.7 Å². The fraction of sp³-hybridized carbons (Fsp3) is 0.350. The Balaban J connectivity index is 1.74. The van der Waals surface area contributed by atoms with E-state index >= 15 is 0 Å². The first kappa shape index (κ1) is 22.3. The van der Waals surface area contributed by atoms with Gasteiger partial charge in [0, 0.05) is 38.4 Å². The van der Waals surface area contributed by atoms with Crippen LogP contribution in [0.4, 0.5) is 11.5 Å². The van der Waals surface area contributed by atoms with Crippen LogP contribution in [-0.2, 0) is 14.1 Å². The van der Waals surface area contributed by atoms with E-state index in [0.29, 0.717) is 5.89 Å². The third-order valence-electron chi connectivity index (χ3n) is 4.96. The summed E-state index contributed by atoms with van der Waals surface area (Å²) in [6, 6.07) is 7.77. The molecule has 31 heavy (non-hydrogen) atoms. The van der Waals surface area contributed by atoms with Gasteiger partial charge in [-0.15, -0.1) is 10.2 Å². The van der Waals surface area contributed by atoms with Crippen molar-refractivity contribution in [3.63, 3.8) is 0 Å². The Morgan fingerprint density at radius 1 is 1.10 bits per heavy atom. The van der Waals surface area contributed by atoms with Crippen molar-refractivity contribution in [2.45, 2.75) is 19.1 Å². The number of aromatic nitrogens is 4. The van der Waals surface area contributed by atoms with Crippen LogP contribution in [0.2, 0.25) is 0 Å². The lowest BCUT2D eigenvalue weighted by atomic mass is 10.2. The molecule has 10 nitrogen and oxygen atoms in total. The summed E-state index contributed by atoms with van der Waals surface area (Å²) in [4.78, 5) is 39.0. The van der Waals surface area contributed by atoms with Crippen LogP contribution in [0, 0.1) is 0 Å². The van der Waals surface area contributed by atoms with Gasteiger partial charge in [-0.1, -0.05) is 11.8 Å². The Bertz CT molecular complexity index is 1210. The standard InChI is InChI=1S/C20H24N6O4S/c1-5-26(6-2)13-9-7-12(8-10-13)17-22-23-19(30-17)31-11-14(27)15-16(21)24(3)20(29)25(4)18(15)28/h7-10H,5-6,11,21H2,1-4H3. The lowest BCUT2D eigenvalue weighted by Crippen LogP contribution is -2.41. The fourth-order valence-corrected chi connectivity index (χ4v) is 3.75. The quantitative estimate of drug-likeness (QED) is 0.406. The molecule has 0 saturated carbocycles. The third-order valence-corrected chi connectivity index (χ3v) is 5.78. The fourth-order valence-electron chi connectivity index (χ4n) is 3.11. The van der Waals surface area contributed by atoms with Gasteiger partial charge in [-0.2, -0.15) is 0 Å². The molecule has 2 aromatic heterocycles. The molecule has 0 fully saturated rings. The maximum atomic E-state index is 12.6. The number of nitrogens with two attached hydrogens (primary N) is 1. The van der Waals surface area contributed by atoms with E-state index in [1.54, 1.807) is 0 Å². The molecule has 3 rings (SSSR count). The molecule has 2 N–H and O–H groups in total. The van der Waals surface area contributed by atoms with Crippen LogP contribution in [0.5, 0.6) is 0 Å². The number of rotatable bonds is 8. The number of carbonyl (C=O) groups is 1. The third kappa shape index (κ3) is 4.41. The Labute approximate surface area is 182 Å². The summed E-state index contributed by atoms with van der Waals surface area (Å²) in [5.41, 5.74) is 6.12. The Morgan fingerprint density at radius 3 is 2.35 bits per heavy atom. The van der Waals surface area contributed by atoms with E-state index in [-0.39, 0.29) is 22.4 Å². The summed E-state index contributed by atoms with van der Waals surface area (Å²) in [7, 11) is 2.70. The van der Waals surface area contributed by atoms with Gasteiger partial charge in [0.15, 0.2) is 5.78 Å². The molecule has 0 saturated heterocycles. The van der Waals surface area contributed by atoms with E-state index in [9.17, 15) is 14.4 Å². The molecule has 164 valence electrons. The lowest BCUT2D eigenvalue weighted by Gasteiger charge is -2.20. The average Bonchev–Trinajstić information content (AvgIpc) is 3.25. The highest BCUT2D eigenvalue weighted by Gasteiger charge is 2.21. The molecular weight excluding hydrogens is 420 g/mol. The van der Waals surface area contributed by atoms with Crippen molar-refractivity contribution < 1.29 is 9.21 Å². The minimum Gasteiger partial charge on any atom is -0.411 e. The number of benzene rings is 1. The highest BCUT2D eigenvalue weighted by molar-refractivity contribution is 7.99. The van der Waals surface area contributed by atoms with Gasteiger partial charge in [0.1, 0.15) is 11.4 Å². The number of carbonyl (C=O) groups excluding carboxylic acids is 1. The van der Waals surface area contributed by atoms with Crippen molar-refractivity contribution in [3.8, 4) is 11.5 Å². The number of Topliss-reactive ketones (excluding diaryl/α,β-unsaturated/α-hetero) is 1. The SMILES string of the molecule is CCN(CC)c1ccc(-c2nnc(SCC(=O)c3c(N)n(C)c(=O)n(C)c3=O)o2)cc1. The summed E-state index contributed by atoms with van der Waals surface area (Å²) in [5, 5.41) is 8.18. The first-order valence-corrected chi connectivity index (χ1v) is 10.7. The number of hydrogen-bond acceptors (Lipinski definition) is 9. The van der Waals surface area contributed by atoms with Crippen molar-refractivity contribution in [1.82, 2.24) is 19.3 Å². The van der Waals surface area contributed by atoms with Crippen LogP contribution in [0.15, 0.2) is 43.5 Å². The summed E-state index contributed by atoms with van der Waals surface area (Å²) in [6.45, 7) is 6.01. The van der Waals surface area contributed by atoms with Crippen LogP contribution < -0.4 is 21.9 Å². The monoisotopic (exact) mass is 444 g/mol. The summed E-state index contributed by atoms with van der Waals surface area (Å²) in [6.07, 6.45) is 0.